The second-order valence-corrected chi connectivity index (χ2v) is 4.36. The molecule has 0 N–H and O–H groups in total. The minimum Gasteiger partial charge on any atom is -0.457 e. The predicted octanol–water partition coefficient (Wildman–Crippen LogP) is 5.09. The van der Waals surface area contributed by atoms with E-state index in [0.29, 0.717) is 5.02 Å². The molecule has 3 aromatic rings. The van der Waals surface area contributed by atoms with Gasteiger partial charge in [-0.3, -0.25) is 0 Å². The summed E-state index contributed by atoms with van der Waals surface area (Å²) in [7, 11) is 0. The molecule has 3 aromatic carbocycles. The van der Waals surface area contributed by atoms with E-state index < -0.39 is 0 Å². The third kappa shape index (κ3) is 2.18. The molecule has 0 amide bonds. The Morgan fingerprint density at radius 3 is 2.67 bits per heavy atom. The van der Waals surface area contributed by atoms with Crippen LogP contribution in [0.3, 0.4) is 0 Å². The molecule has 0 heterocycles. The molecule has 0 aromatic heterocycles. The standard InChI is InChI=1S/C16H10ClO/c17-13-7-4-8-14(11-13)18-16-10-3-6-12-5-1-2-9-15(12)16/h1-6,8-11H. The number of rotatable bonds is 2. The van der Waals surface area contributed by atoms with Gasteiger partial charge in [-0.25, -0.2) is 0 Å². The molecule has 0 aliphatic rings. The summed E-state index contributed by atoms with van der Waals surface area (Å²) in [6, 6.07) is 22.3. The molecule has 0 aliphatic heterocycles. The summed E-state index contributed by atoms with van der Waals surface area (Å²) in [5.74, 6) is 1.55. The van der Waals surface area contributed by atoms with Crippen molar-refractivity contribution >= 4 is 22.4 Å². The van der Waals surface area contributed by atoms with Crippen LogP contribution >= 0.6 is 11.6 Å². The number of hydrogen-bond donors (Lipinski definition) is 0. The summed E-state index contributed by atoms with van der Waals surface area (Å²) in [6.45, 7) is 0. The van der Waals surface area contributed by atoms with Gasteiger partial charge in [0, 0.05) is 17.5 Å². The monoisotopic (exact) mass is 253 g/mol. The first-order valence-corrected chi connectivity index (χ1v) is 6.03. The Bertz CT molecular complexity index is 686. The van der Waals surface area contributed by atoms with Gasteiger partial charge < -0.3 is 4.74 Å². The third-order valence-electron chi connectivity index (χ3n) is 2.72. The SMILES string of the molecule is Clc1[c]ccc(Oc2cccc3ccccc23)c1. The highest BCUT2D eigenvalue weighted by atomic mass is 35.5. The highest BCUT2D eigenvalue weighted by Gasteiger charge is 2.03. The van der Waals surface area contributed by atoms with Crippen molar-refractivity contribution < 1.29 is 4.74 Å². The Morgan fingerprint density at radius 1 is 0.944 bits per heavy atom. The molecule has 0 saturated carbocycles. The first-order valence-electron chi connectivity index (χ1n) is 5.66. The summed E-state index contributed by atoms with van der Waals surface area (Å²) in [5, 5.41) is 2.79. The van der Waals surface area contributed by atoms with Gasteiger partial charge in [0.1, 0.15) is 11.5 Å². The smallest absolute Gasteiger partial charge is 0.135 e. The average Bonchev–Trinajstić information content (AvgIpc) is 2.39. The van der Waals surface area contributed by atoms with Gasteiger partial charge in [0.05, 0.1) is 5.02 Å². The largest absolute Gasteiger partial charge is 0.457 e. The van der Waals surface area contributed by atoms with E-state index in [9.17, 15) is 0 Å². The van der Waals surface area contributed by atoms with Gasteiger partial charge >= 0.3 is 0 Å². The molecular formula is C16H10ClO. The lowest BCUT2D eigenvalue weighted by atomic mass is 10.1. The molecule has 3 rings (SSSR count). The maximum atomic E-state index is 5.89. The fourth-order valence-electron chi connectivity index (χ4n) is 1.89. The molecule has 18 heavy (non-hydrogen) atoms. The van der Waals surface area contributed by atoms with E-state index in [4.69, 9.17) is 16.3 Å². The second kappa shape index (κ2) is 4.71. The van der Waals surface area contributed by atoms with Crippen LogP contribution in [-0.4, -0.2) is 0 Å². The van der Waals surface area contributed by atoms with Crippen molar-refractivity contribution in [2.24, 2.45) is 0 Å². The molecular weight excluding hydrogens is 244 g/mol. The Hall–Kier alpha value is -1.99. The molecule has 0 saturated heterocycles. The molecule has 0 bridgehead atoms. The van der Waals surface area contributed by atoms with E-state index in [2.05, 4.69) is 18.2 Å². The van der Waals surface area contributed by atoms with Crippen LogP contribution < -0.4 is 4.74 Å². The number of ether oxygens (including phenoxy) is 1. The van der Waals surface area contributed by atoms with Crippen LogP contribution in [0, 0.1) is 6.07 Å². The van der Waals surface area contributed by atoms with Crippen LogP contribution in [0.15, 0.2) is 60.7 Å². The summed E-state index contributed by atoms with van der Waals surface area (Å²) in [6.07, 6.45) is 0. The Labute approximate surface area is 111 Å². The zero-order valence-electron chi connectivity index (χ0n) is 9.56. The minimum atomic E-state index is 0.549. The van der Waals surface area contributed by atoms with E-state index in [-0.39, 0.29) is 0 Å². The fraction of sp³-hybridized carbons (Fsp3) is 0. The van der Waals surface area contributed by atoms with Crippen LogP contribution in [0.5, 0.6) is 11.5 Å². The zero-order valence-corrected chi connectivity index (χ0v) is 10.3. The lowest BCUT2D eigenvalue weighted by Gasteiger charge is -2.08. The quantitative estimate of drug-likeness (QED) is 0.618. The molecule has 1 radical (unpaired) electrons. The van der Waals surface area contributed by atoms with Crippen molar-refractivity contribution in [2.45, 2.75) is 0 Å². The lowest BCUT2D eigenvalue weighted by Crippen LogP contribution is -1.85. The van der Waals surface area contributed by atoms with Gasteiger partial charge in [0.15, 0.2) is 0 Å². The topological polar surface area (TPSA) is 9.23 Å². The summed E-state index contributed by atoms with van der Waals surface area (Å²) in [5.41, 5.74) is 0. The maximum Gasteiger partial charge on any atom is 0.135 e. The highest BCUT2D eigenvalue weighted by molar-refractivity contribution is 6.30. The molecule has 87 valence electrons. The van der Waals surface area contributed by atoms with E-state index in [1.807, 2.05) is 36.4 Å². The van der Waals surface area contributed by atoms with E-state index in [0.717, 1.165) is 22.3 Å². The highest BCUT2D eigenvalue weighted by Crippen LogP contribution is 2.30. The van der Waals surface area contributed by atoms with Gasteiger partial charge in [-0.05, 0) is 23.6 Å². The van der Waals surface area contributed by atoms with Gasteiger partial charge in [-0.1, -0.05) is 48.0 Å². The third-order valence-corrected chi connectivity index (χ3v) is 2.93. The van der Waals surface area contributed by atoms with Crippen molar-refractivity contribution in [3.05, 3.63) is 71.8 Å². The summed E-state index contributed by atoms with van der Waals surface area (Å²) < 4.78 is 5.87. The number of halogens is 1. The van der Waals surface area contributed by atoms with E-state index >= 15 is 0 Å². The molecule has 2 heteroatoms. The minimum absolute atomic E-state index is 0.549. The van der Waals surface area contributed by atoms with Crippen LogP contribution in [-0.2, 0) is 0 Å². The Balaban J connectivity index is 2.05. The molecule has 0 atom stereocenters. The van der Waals surface area contributed by atoms with Crippen molar-refractivity contribution in [2.75, 3.05) is 0 Å². The van der Waals surface area contributed by atoms with Crippen LogP contribution in [0.1, 0.15) is 0 Å². The van der Waals surface area contributed by atoms with Gasteiger partial charge in [-0.15, -0.1) is 0 Å². The Morgan fingerprint density at radius 2 is 1.78 bits per heavy atom. The normalized spacial score (nSPS) is 10.5. The molecule has 0 aliphatic carbocycles. The van der Waals surface area contributed by atoms with Gasteiger partial charge in [0.2, 0.25) is 0 Å². The zero-order chi connectivity index (χ0) is 12.4. The van der Waals surface area contributed by atoms with Gasteiger partial charge in [-0.2, -0.15) is 0 Å². The number of fused-ring (bicyclic) bond motifs is 1. The van der Waals surface area contributed by atoms with E-state index in [1.165, 1.54) is 0 Å². The van der Waals surface area contributed by atoms with Crippen LogP contribution in [0.2, 0.25) is 5.02 Å². The maximum absolute atomic E-state index is 5.89. The molecule has 0 fully saturated rings. The van der Waals surface area contributed by atoms with Crippen molar-refractivity contribution in [3.8, 4) is 11.5 Å². The molecule has 0 spiro atoms. The Kier molecular flexibility index (Phi) is 2.91. The first kappa shape index (κ1) is 11.1. The van der Waals surface area contributed by atoms with E-state index in [1.54, 1.807) is 12.1 Å². The average molecular weight is 254 g/mol. The summed E-state index contributed by atoms with van der Waals surface area (Å²) in [4.78, 5) is 0. The molecule has 0 unspecified atom stereocenters. The van der Waals surface area contributed by atoms with Crippen LogP contribution in [0.25, 0.3) is 10.8 Å². The number of hydrogen-bond acceptors (Lipinski definition) is 1. The molecule has 1 nitrogen and oxygen atoms in total. The van der Waals surface area contributed by atoms with Crippen molar-refractivity contribution in [1.29, 1.82) is 0 Å². The van der Waals surface area contributed by atoms with Crippen molar-refractivity contribution in [1.82, 2.24) is 0 Å². The predicted molar refractivity (Wildman–Crippen MR) is 74.3 cm³/mol. The van der Waals surface area contributed by atoms with Crippen LogP contribution in [0.4, 0.5) is 0 Å². The van der Waals surface area contributed by atoms with Crippen molar-refractivity contribution in [3.63, 3.8) is 0 Å². The number of benzene rings is 3. The van der Waals surface area contributed by atoms with Gasteiger partial charge in [0.25, 0.3) is 0 Å². The fourth-order valence-corrected chi connectivity index (χ4v) is 2.06. The first-order chi connectivity index (χ1) is 8.83. The second-order valence-electron chi connectivity index (χ2n) is 3.95. The lowest BCUT2D eigenvalue weighted by molar-refractivity contribution is 0.488. The summed E-state index contributed by atoms with van der Waals surface area (Å²) >= 11 is 5.89.